The van der Waals surface area contributed by atoms with Crippen LogP contribution in [0.1, 0.15) is 50.7 Å². The smallest absolute Gasteiger partial charge is 0.234 e. The molecule has 1 aliphatic carbocycles. The molecule has 0 bridgehead atoms. The van der Waals surface area contributed by atoms with Crippen LogP contribution in [0.25, 0.3) is 0 Å². The van der Waals surface area contributed by atoms with E-state index in [9.17, 15) is 14.9 Å². The van der Waals surface area contributed by atoms with Crippen LogP contribution in [0.2, 0.25) is 10.0 Å². The number of aryl methyl sites for hydroxylation is 1. The van der Waals surface area contributed by atoms with Crippen molar-refractivity contribution in [2.75, 3.05) is 16.0 Å². The summed E-state index contributed by atoms with van der Waals surface area (Å²) in [5.74, 6) is -0.678. The molecule has 5 rings (SSSR count). The van der Waals surface area contributed by atoms with Gasteiger partial charge >= 0.3 is 0 Å². The molecule has 2 heterocycles. The molecule has 0 saturated carbocycles. The number of aromatic nitrogens is 2. The van der Waals surface area contributed by atoms with Crippen molar-refractivity contribution in [3.8, 4) is 6.07 Å². The Labute approximate surface area is 262 Å². The normalized spacial score (nSPS) is 18.1. The summed E-state index contributed by atoms with van der Waals surface area (Å²) in [6.45, 7) is 6.12. The van der Waals surface area contributed by atoms with E-state index in [1.54, 1.807) is 23.1 Å². The van der Waals surface area contributed by atoms with Crippen LogP contribution in [0.4, 0.5) is 10.8 Å². The Kier molecular flexibility index (Phi) is 8.67. The molecule has 0 fully saturated rings. The highest BCUT2D eigenvalue weighted by atomic mass is 35.5. The number of carbonyl (C=O) groups is 2. The molecule has 3 N–H and O–H groups in total. The number of nitrogens with zero attached hydrogens (tertiary/aromatic N) is 4. The Morgan fingerprint density at radius 3 is 2.62 bits per heavy atom. The molecule has 0 saturated heterocycles. The average Bonchev–Trinajstić information content (AvgIpc) is 3.39. The van der Waals surface area contributed by atoms with Crippen molar-refractivity contribution in [3.05, 3.63) is 86.3 Å². The maximum atomic E-state index is 13.7. The zero-order valence-electron chi connectivity index (χ0n) is 23.2. The first-order valence-corrected chi connectivity index (χ1v) is 15.8. The van der Waals surface area contributed by atoms with Crippen LogP contribution in [0, 0.1) is 16.7 Å². The molecule has 12 heteroatoms. The zero-order valence-corrected chi connectivity index (χ0v) is 26.3. The summed E-state index contributed by atoms with van der Waals surface area (Å²) in [7, 11) is 0. The number of thioether (sulfide) groups is 1. The van der Waals surface area contributed by atoms with Crippen molar-refractivity contribution in [1.29, 1.82) is 5.26 Å². The summed E-state index contributed by atoms with van der Waals surface area (Å²) in [4.78, 5) is 28.0. The third-order valence-corrected chi connectivity index (χ3v) is 9.82. The molecule has 2 aromatic carbocycles. The predicted octanol–water partition coefficient (Wildman–Crippen LogP) is 7.08. The first-order chi connectivity index (χ1) is 20.0. The SMILES string of the molecule is CCc1ccc(NC(=O)CSc2nnc(N3C(N)=C(C#N)C(c4ccc(Cl)cc4Cl)C4=C3CC(C)(C)CC4=O)s2)cc1. The van der Waals surface area contributed by atoms with Gasteiger partial charge in [0.15, 0.2) is 10.1 Å². The lowest BCUT2D eigenvalue weighted by molar-refractivity contribution is -0.118. The second-order valence-electron chi connectivity index (χ2n) is 10.9. The molecular weight excluding hydrogens is 611 g/mol. The lowest BCUT2D eigenvalue weighted by atomic mass is 9.68. The van der Waals surface area contributed by atoms with Gasteiger partial charge in [-0.25, -0.2) is 0 Å². The fourth-order valence-corrected chi connectivity index (χ4v) is 7.47. The number of nitriles is 1. The number of amides is 1. The van der Waals surface area contributed by atoms with Crippen LogP contribution < -0.4 is 16.0 Å². The van der Waals surface area contributed by atoms with E-state index in [1.165, 1.54) is 28.7 Å². The third kappa shape index (κ3) is 6.06. The van der Waals surface area contributed by atoms with E-state index in [4.69, 9.17) is 28.9 Å². The largest absolute Gasteiger partial charge is 0.384 e. The number of nitrogens with one attached hydrogen (secondary N) is 1. The van der Waals surface area contributed by atoms with Gasteiger partial charge < -0.3 is 11.1 Å². The number of Topliss-reactive ketones (excluding diaryl/α,β-unsaturated/α-hetero) is 1. The van der Waals surface area contributed by atoms with Gasteiger partial charge in [0.1, 0.15) is 5.82 Å². The van der Waals surface area contributed by atoms with E-state index in [0.717, 1.165) is 12.1 Å². The van der Waals surface area contributed by atoms with Gasteiger partial charge in [-0.15, -0.1) is 10.2 Å². The molecule has 0 spiro atoms. The van der Waals surface area contributed by atoms with Crippen molar-refractivity contribution in [3.63, 3.8) is 0 Å². The van der Waals surface area contributed by atoms with Gasteiger partial charge in [-0.3, -0.25) is 14.5 Å². The van der Waals surface area contributed by atoms with E-state index in [2.05, 4.69) is 28.5 Å². The summed E-state index contributed by atoms with van der Waals surface area (Å²) in [5, 5.41) is 23.0. The summed E-state index contributed by atoms with van der Waals surface area (Å²) in [6, 6.07) is 15.0. The third-order valence-electron chi connectivity index (χ3n) is 7.21. The molecule has 42 heavy (non-hydrogen) atoms. The van der Waals surface area contributed by atoms with Crippen LogP contribution in [0.15, 0.2) is 69.5 Å². The Bertz CT molecular complexity index is 1670. The molecular formula is C30H28Cl2N6O2S2. The average molecular weight is 640 g/mol. The topological polar surface area (TPSA) is 125 Å². The minimum absolute atomic E-state index is 0.0785. The Balaban J connectivity index is 1.45. The molecule has 216 valence electrons. The summed E-state index contributed by atoms with van der Waals surface area (Å²) < 4.78 is 0.555. The Morgan fingerprint density at radius 2 is 1.95 bits per heavy atom. The van der Waals surface area contributed by atoms with Crippen molar-refractivity contribution in [2.45, 2.75) is 50.3 Å². The van der Waals surface area contributed by atoms with E-state index in [0.29, 0.717) is 49.2 Å². The van der Waals surface area contributed by atoms with Crippen molar-refractivity contribution >= 4 is 68.8 Å². The number of allylic oxidation sites excluding steroid dienone is 3. The van der Waals surface area contributed by atoms with Gasteiger partial charge in [0, 0.05) is 33.4 Å². The van der Waals surface area contributed by atoms with Crippen LogP contribution in [0.3, 0.4) is 0 Å². The first kappa shape index (κ1) is 30.1. The van der Waals surface area contributed by atoms with Crippen LogP contribution in [0.5, 0.6) is 0 Å². The highest BCUT2D eigenvalue weighted by molar-refractivity contribution is 8.01. The van der Waals surface area contributed by atoms with Crippen LogP contribution in [-0.4, -0.2) is 27.6 Å². The van der Waals surface area contributed by atoms with Crippen molar-refractivity contribution in [2.24, 2.45) is 11.1 Å². The maximum absolute atomic E-state index is 13.7. The van der Waals surface area contributed by atoms with Gasteiger partial charge in [0.05, 0.1) is 23.3 Å². The summed E-state index contributed by atoms with van der Waals surface area (Å²) >= 11 is 15.2. The number of nitrogens with two attached hydrogens (primary N) is 1. The van der Waals surface area contributed by atoms with Crippen LogP contribution in [-0.2, 0) is 16.0 Å². The standard InChI is InChI=1S/C30H28Cl2N6O2S2/c1-4-16-5-8-18(9-6-16)35-24(40)15-41-29-37-36-28(42-29)38-22-12-30(2,3)13-23(39)26(22)25(20(14-33)27(38)34)19-10-7-17(31)11-21(19)32/h5-11,25H,4,12-13,15,34H2,1-3H3,(H,35,40). The molecule has 1 unspecified atom stereocenters. The highest BCUT2D eigenvalue weighted by Crippen LogP contribution is 2.51. The van der Waals surface area contributed by atoms with E-state index in [1.807, 2.05) is 38.1 Å². The van der Waals surface area contributed by atoms with E-state index >= 15 is 0 Å². The quantitative estimate of drug-likeness (QED) is 0.263. The number of benzene rings is 2. The lowest BCUT2D eigenvalue weighted by Crippen LogP contribution is -2.42. The molecule has 1 aromatic heterocycles. The minimum Gasteiger partial charge on any atom is -0.384 e. The molecule has 1 amide bonds. The van der Waals surface area contributed by atoms with E-state index < -0.39 is 5.92 Å². The Morgan fingerprint density at radius 1 is 1.21 bits per heavy atom. The van der Waals surface area contributed by atoms with Crippen LogP contribution >= 0.6 is 46.3 Å². The molecule has 1 atom stereocenters. The van der Waals surface area contributed by atoms with Gasteiger partial charge in [-0.1, -0.05) is 85.3 Å². The van der Waals surface area contributed by atoms with Crippen molar-refractivity contribution < 1.29 is 9.59 Å². The second kappa shape index (κ2) is 12.1. The fraction of sp³-hybridized carbons (Fsp3) is 0.300. The number of anilines is 2. The van der Waals surface area contributed by atoms with Gasteiger partial charge in [0.25, 0.3) is 0 Å². The predicted molar refractivity (Wildman–Crippen MR) is 169 cm³/mol. The molecule has 1 aliphatic heterocycles. The fourth-order valence-electron chi connectivity index (χ4n) is 5.27. The summed E-state index contributed by atoms with van der Waals surface area (Å²) in [5.41, 5.74) is 10.2. The maximum Gasteiger partial charge on any atom is 0.234 e. The first-order valence-electron chi connectivity index (χ1n) is 13.3. The molecule has 8 nitrogen and oxygen atoms in total. The Hall–Kier alpha value is -3.36. The summed E-state index contributed by atoms with van der Waals surface area (Å²) in [6.07, 6.45) is 1.76. The number of hydrogen-bond donors (Lipinski definition) is 2. The second-order valence-corrected chi connectivity index (χ2v) is 13.9. The lowest BCUT2D eigenvalue weighted by Gasteiger charge is -2.42. The number of halogens is 2. The van der Waals surface area contributed by atoms with Gasteiger partial charge in [-0.05, 0) is 53.6 Å². The molecule has 0 radical (unpaired) electrons. The van der Waals surface area contributed by atoms with Crippen molar-refractivity contribution in [1.82, 2.24) is 10.2 Å². The number of hydrogen-bond acceptors (Lipinski definition) is 9. The van der Waals surface area contributed by atoms with E-state index in [-0.39, 0.29) is 34.3 Å². The minimum atomic E-state index is -0.730. The van der Waals surface area contributed by atoms with Gasteiger partial charge in [0.2, 0.25) is 11.0 Å². The highest BCUT2D eigenvalue weighted by Gasteiger charge is 2.46. The molecule has 3 aromatic rings. The zero-order chi connectivity index (χ0) is 30.2. The van der Waals surface area contributed by atoms with Gasteiger partial charge in [-0.2, -0.15) is 5.26 Å². The molecule has 2 aliphatic rings. The number of rotatable bonds is 7. The monoisotopic (exact) mass is 638 g/mol. The number of carbonyl (C=O) groups excluding carboxylic acids is 2. The number of ketones is 1.